The van der Waals surface area contributed by atoms with Crippen LogP contribution in [0.25, 0.3) is 0 Å². The molecule has 0 bridgehead atoms. The molecule has 1 fully saturated rings. The molecule has 0 spiro atoms. The third-order valence-electron chi connectivity index (χ3n) is 5.82. The maximum absolute atomic E-state index is 12.6. The van der Waals surface area contributed by atoms with Crippen LogP contribution in [0.4, 0.5) is 4.79 Å². The number of rotatable bonds is 7. The molecule has 0 aliphatic heterocycles. The Balaban J connectivity index is 2.78. The van der Waals surface area contributed by atoms with Crippen molar-refractivity contribution in [3.8, 4) is 0 Å². The number of hydrogen-bond acceptors (Lipinski definition) is 3. The molecule has 1 aliphatic rings. The van der Waals surface area contributed by atoms with Gasteiger partial charge < -0.3 is 14.7 Å². The molecule has 1 aliphatic carbocycles. The normalized spacial score (nSPS) is 19.0. The van der Waals surface area contributed by atoms with E-state index in [1.807, 2.05) is 27.7 Å². The van der Waals surface area contributed by atoms with Crippen LogP contribution >= 0.6 is 0 Å². The molecule has 0 heterocycles. The summed E-state index contributed by atoms with van der Waals surface area (Å²) in [6.45, 7) is 15.2. The van der Waals surface area contributed by atoms with Crippen LogP contribution in [-0.2, 0) is 4.74 Å². The number of carbonyl (C=O) groups is 1. The van der Waals surface area contributed by atoms with Crippen molar-refractivity contribution in [1.29, 1.82) is 0 Å². The van der Waals surface area contributed by atoms with Crippen molar-refractivity contribution in [3.05, 3.63) is 0 Å². The van der Waals surface area contributed by atoms with Gasteiger partial charge in [-0.2, -0.15) is 0 Å². The molecule has 1 saturated carbocycles. The summed E-state index contributed by atoms with van der Waals surface area (Å²) in [6.07, 6.45) is 5.19. The Kier molecular flexibility index (Phi) is 6.54. The van der Waals surface area contributed by atoms with E-state index in [2.05, 4.69) is 20.8 Å². The Hall–Kier alpha value is -0.770. The molecule has 23 heavy (non-hydrogen) atoms. The number of aliphatic hydroxyl groups excluding tert-OH is 1. The largest absolute Gasteiger partial charge is 0.444 e. The number of amides is 1. The molecule has 4 heteroatoms. The average Bonchev–Trinajstić information content (AvgIpc) is 2.38. The van der Waals surface area contributed by atoms with Gasteiger partial charge in [0.15, 0.2) is 0 Å². The van der Waals surface area contributed by atoms with Crippen LogP contribution in [-0.4, -0.2) is 40.9 Å². The molecule has 0 radical (unpaired) electrons. The average molecular weight is 328 g/mol. The van der Waals surface area contributed by atoms with Gasteiger partial charge in [-0.25, -0.2) is 4.79 Å². The molecule has 1 rings (SSSR count). The fraction of sp³-hybridized carbons (Fsp3) is 0.947. The van der Waals surface area contributed by atoms with Gasteiger partial charge in [0.1, 0.15) is 5.60 Å². The lowest BCUT2D eigenvalue weighted by molar-refractivity contribution is -0.0234. The first-order chi connectivity index (χ1) is 10.5. The van der Waals surface area contributed by atoms with E-state index in [1.54, 1.807) is 4.90 Å². The van der Waals surface area contributed by atoms with Gasteiger partial charge in [-0.3, -0.25) is 0 Å². The van der Waals surface area contributed by atoms with Crippen molar-refractivity contribution >= 4 is 6.09 Å². The molecular formula is C19H37NO3. The lowest BCUT2D eigenvalue weighted by Gasteiger charge is -2.52. The fourth-order valence-electron chi connectivity index (χ4n) is 3.28. The van der Waals surface area contributed by atoms with Crippen LogP contribution in [0.2, 0.25) is 0 Å². The van der Waals surface area contributed by atoms with E-state index in [0.717, 1.165) is 12.8 Å². The minimum absolute atomic E-state index is 0.0204. The Morgan fingerprint density at radius 1 is 1.26 bits per heavy atom. The second-order valence-electron chi connectivity index (χ2n) is 8.97. The highest BCUT2D eigenvalue weighted by Gasteiger charge is 2.45. The lowest BCUT2D eigenvalue weighted by atomic mass is 9.54. The molecule has 0 unspecified atom stereocenters. The highest BCUT2D eigenvalue weighted by Crippen LogP contribution is 2.55. The van der Waals surface area contributed by atoms with E-state index >= 15 is 0 Å². The van der Waals surface area contributed by atoms with Crippen molar-refractivity contribution < 1.29 is 14.6 Å². The number of ether oxygens (including phenoxy) is 1. The van der Waals surface area contributed by atoms with Gasteiger partial charge in [0.2, 0.25) is 0 Å². The Morgan fingerprint density at radius 3 is 2.17 bits per heavy atom. The summed E-state index contributed by atoms with van der Waals surface area (Å²) in [7, 11) is 0. The lowest BCUT2D eigenvalue weighted by Crippen LogP contribution is -2.48. The fourth-order valence-corrected chi connectivity index (χ4v) is 3.28. The van der Waals surface area contributed by atoms with Gasteiger partial charge in [-0.1, -0.05) is 34.1 Å². The van der Waals surface area contributed by atoms with E-state index in [-0.39, 0.29) is 24.2 Å². The first-order valence-electron chi connectivity index (χ1n) is 9.06. The van der Waals surface area contributed by atoms with Crippen molar-refractivity contribution in [2.45, 2.75) is 92.2 Å². The first-order valence-corrected chi connectivity index (χ1v) is 9.06. The van der Waals surface area contributed by atoms with Crippen LogP contribution < -0.4 is 0 Å². The summed E-state index contributed by atoms with van der Waals surface area (Å²) in [6, 6.07) is -0.171. The molecule has 0 aromatic rings. The summed E-state index contributed by atoms with van der Waals surface area (Å²) in [4.78, 5) is 14.3. The zero-order valence-electron chi connectivity index (χ0n) is 16.2. The Bertz CT molecular complexity index is 390. The summed E-state index contributed by atoms with van der Waals surface area (Å²) >= 11 is 0. The monoisotopic (exact) mass is 327 g/mol. The zero-order chi connectivity index (χ0) is 17.9. The molecule has 0 aromatic carbocycles. The van der Waals surface area contributed by atoms with Crippen LogP contribution in [0.3, 0.4) is 0 Å². The molecule has 0 aromatic heterocycles. The maximum atomic E-state index is 12.6. The van der Waals surface area contributed by atoms with Crippen molar-refractivity contribution in [2.75, 3.05) is 13.2 Å². The Morgan fingerprint density at radius 2 is 1.83 bits per heavy atom. The van der Waals surface area contributed by atoms with E-state index in [9.17, 15) is 9.90 Å². The number of aliphatic hydroxyl groups is 1. The summed E-state index contributed by atoms with van der Waals surface area (Å²) in [5.41, 5.74) is 0.0331. The van der Waals surface area contributed by atoms with Crippen LogP contribution in [0.15, 0.2) is 0 Å². The summed E-state index contributed by atoms with van der Waals surface area (Å²) < 4.78 is 5.55. The smallest absolute Gasteiger partial charge is 0.410 e. The highest BCUT2D eigenvalue weighted by atomic mass is 16.6. The molecule has 1 N–H and O–H groups in total. The van der Waals surface area contributed by atoms with Crippen LogP contribution in [0.5, 0.6) is 0 Å². The van der Waals surface area contributed by atoms with E-state index in [0.29, 0.717) is 12.0 Å². The highest BCUT2D eigenvalue weighted by molar-refractivity contribution is 5.68. The number of carbonyl (C=O) groups excluding carboxylic acids is 1. The maximum Gasteiger partial charge on any atom is 0.410 e. The number of nitrogens with zero attached hydrogens (tertiary/aromatic N) is 1. The molecule has 4 nitrogen and oxygen atoms in total. The summed E-state index contributed by atoms with van der Waals surface area (Å²) in [5.74, 6) is 0. The van der Waals surface area contributed by atoms with E-state index in [1.165, 1.54) is 19.3 Å². The van der Waals surface area contributed by atoms with Gasteiger partial charge in [-0.15, -0.1) is 0 Å². The Labute approximate surface area is 142 Å². The quantitative estimate of drug-likeness (QED) is 0.743. The van der Waals surface area contributed by atoms with Gasteiger partial charge in [0.25, 0.3) is 0 Å². The first kappa shape index (κ1) is 20.3. The minimum Gasteiger partial charge on any atom is -0.444 e. The van der Waals surface area contributed by atoms with Crippen molar-refractivity contribution in [1.82, 2.24) is 4.90 Å². The molecule has 1 atom stereocenters. The van der Waals surface area contributed by atoms with Crippen LogP contribution in [0.1, 0.15) is 80.6 Å². The minimum atomic E-state index is -0.515. The van der Waals surface area contributed by atoms with Crippen LogP contribution in [0, 0.1) is 10.8 Å². The predicted molar refractivity (Wildman–Crippen MR) is 94.5 cm³/mol. The summed E-state index contributed by atoms with van der Waals surface area (Å²) in [5, 5.41) is 9.64. The third kappa shape index (κ3) is 5.10. The van der Waals surface area contributed by atoms with Crippen molar-refractivity contribution in [3.63, 3.8) is 0 Å². The molecular weight excluding hydrogens is 290 g/mol. The third-order valence-corrected chi connectivity index (χ3v) is 5.82. The molecule has 0 saturated heterocycles. The second kappa shape index (κ2) is 7.42. The standard InChI is InChI=1S/C19H37NO3/c1-8-15(14-21)20(16(22)23-17(2,3)4)13-12-18(5,6)19(7)10-9-11-19/h15,21H,8-14H2,1-7H3/t15-/m0/s1. The second-order valence-corrected chi connectivity index (χ2v) is 8.97. The molecule has 136 valence electrons. The topological polar surface area (TPSA) is 49.8 Å². The predicted octanol–water partition coefficient (Wildman–Crippen LogP) is 4.60. The molecule has 1 amide bonds. The van der Waals surface area contributed by atoms with E-state index in [4.69, 9.17) is 4.74 Å². The van der Waals surface area contributed by atoms with Gasteiger partial charge in [-0.05, 0) is 57.3 Å². The van der Waals surface area contributed by atoms with Gasteiger partial charge in [0, 0.05) is 6.54 Å². The zero-order valence-corrected chi connectivity index (χ0v) is 16.2. The SMILES string of the molecule is CC[C@@H](CO)N(CCC(C)(C)C1(C)CCC1)C(=O)OC(C)(C)C. The van der Waals surface area contributed by atoms with Gasteiger partial charge in [0.05, 0.1) is 12.6 Å². The van der Waals surface area contributed by atoms with Gasteiger partial charge >= 0.3 is 6.09 Å². The number of hydrogen-bond donors (Lipinski definition) is 1. The van der Waals surface area contributed by atoms with Crippen molar-refractivity contribution in [2.24, 2.45) is 10.8 Å². The van der Waals surface area contributed by atoms with E-state index < -0.39 is 5.60 Å².